The number of fused-ring (bicyclic) bond motifs is 1. The van der Waals surface area contributed by atoms with Crippen molar-refractivity contribution in [2.45, 2.75) is 31.0 Å². The predicted octanol–water partition coefficient (Wildman–Crippen LogP) is 4.36. The Morgan fingerprint density at radius 3 is 2.43 bits per heavy atom. The third-order valence-electron chi connectivity index (χ3n) is 6.59. The van der Waals surface area contributed by atoms with Gasteiger partial charge in [0.15, 0.2) is 0 Å². The van der Waals surface area contributed by atoms with Gasteiger partial charge < -0.3 is 15.6 Å². The number of carbonyl (C=O) groups is 2. The molecule has 2 aromatic heterocycles. The van der Waals surface area contributed by atoms with Crippen LogP contribution in [0, 0.1) is 11.3 Å². The predicted molar refractivity (Wildman–Crippen MR) is 129 cm³/mol. The van der Waals surface area contributed by atoms with Crippen molar-refractivity contribution in [1.29, 1.82) is 5.26 Å². The second kappa shape index (κ2) is 8.78. The number of amides is 2. The van der Waals surface area contributed by atoms with Gasteiger partial charge in [-0.2, -0.15) is 18.4 Å². The zero-order chi connectivity index (χ0) is 26.4. The van der Waals surface area contributed by atoms with Crippen molar-refractivity contribution < 1.29 is 22.8 Å². The lowest BCUT2D eigenvalue weighted by Gasteiger charge is -2.18. The molecule has 2 amide bonds. The van der Waals surface area contributed by atoms with Crippen LogP contribution in [0.15, 0.2) is 66.9 Å². The molecule has 3 N–H and O–H groups in total. The third kappa shape index (κ3) is 4.29. The van der Waals surface area contributed by atoms with E-state index in [0.717, 1.165) is 22.2 Å². The molecule has 0 spiro atoms. The Balaban J connectivity index is 1.35. The highest BCUT2D eigenvalue weighted by molar-refractivity contribution is 5.99. The summed E-state index contributed by atoms with van der Waals surface area (Å²) in [6.07, 6.45) is -3.39. The topological polar surface area (TPSA) is 114 Å². The number of hydrogen-bond acceptors (Lipinski definition) is 4. The van der Waals surface area contributed by atoms with Crippen molar-refractivity contribution in [2.75, 3.05) is 0 Å². The van der Waals surface area contributed by atoms with Gasteiger partial charge in [0.05, 0.1) is 27.8 Å². The number of nitrogens with zero attached hydrogens (tertiary/aromatic N) is 3. The first kappa shape index (κ1) is 24.1. The highest BCUT2D eigenvalue weighted by Crippen LogP contribution is 2.49. The smallest absolute Gasteiger partial charge is 0.366 e. The van der Waals surface area contributed by atoms with Crippen LogP contribution in [0.1, 0.15) is 45.7 Å². The van der Waals surface area contributed by atoms with Gasteiger partial charge in [-0.1, -0.05) is 30.3 Å². The second-order valence-corrected chi connectivity index (χ2v) is 8.95. The molecular formula is C27H20F3N5O2. The maximum Gasteiger partial charge on any atom is 0.417 e. The Hall–Kier alpha value is -4.65. The number of rotatable bonds is 6. The molecule has 0 bridgehead atoms. The number of hydrogen-bond donors (Lipinski definition) is 2. The summed E-state index contributed by atoms with van der Waals surface area (Å²) in [7, 11) is 0. The minimum Gasteiger partial charge on any atom is -0.366 e. The molecule has 4 aromatic rings. The molecule has 0 unspecified atom stereocenters. The SMILES string of the molecule is N#Cc1cc2ccccc2n1-c1ccc(CNC(=O)C2(c3ncc(C(F)(F)F)cc3C(N)=O)CC2)cc1. The van der Waals surface area contributed by atoms with Gasteiger partial charge in [-0.05, 0) is 48.7 Å². The molecule has 2 heterocycles. The highest BCUT2D eigenvalue weighted by atomic mass is 19.4. The summed E-state index contributed by atoms with van der Waals surface area (Å²) in [5.41, 5.74) is 5.54. The first-order valence-corrected chi connectivity index (χ1v) is 11.4. The van der Waals surface area contributed by atoms with Gasteiger partial charge in [0, 0.05) is 23.8 Å². The van der Waals surface area contributed by atoms with Gasteiger partial charge in [0.25, 0.3) is 5.91 Å². The lowest BCUT2D eigenvalue weighted by molar-refractivity contribution is -0.137. The largest absolute Gasteiger partial charge is 0.417 e. The average molecular weight is 503 g/mol. The molecule has 1 aliphatic rings. The van der Waals surface area contributed by atoms with Gasteiger partial charge in [-0.25, -0.2) is 0 Å². The normalized spacial score (nSPS) is 14.2. The lowest BCUT2D eigenvalue weighted by Crippen LogP contribution is -2.36. The minimum absolute atomic E-state index is 0.0376. The highest BCUT2D eigenvalue weighted by Gasteiger charge is 2.54. The first-order valence-electron chi connectivity index (χ1n) is 11.4. The Kier molecular flexibility index (Phi) is 5.71. The molecule has 0 aliphatic heterocycles. The van der Waals surface area contributed by atoms with Gasteiger partial charge in [0.2, 0.25) is 5.91 Å². The number of nitrogens with one attached hydrogen (secondary N) is 1. The summed E-state index contributed by atoms with van der Waals surface area (Å²) < 4.78 is 41.1. The molecule has 10 heteroatoms. The molecule has 2 aromatic carbocycles. The maximum atomic E-state index is 13.1. The standard InChI is InChI=1S/C27H20F3N5O2/c28-27(29,30)18-12-21(24(32)36)23(33-15-18)26(9-10-26)25(37)34-14-16-5-7-19(8-6-16)35-20(13-31)11-17-3-1-2-4-22(17)35/h1-8,11-12,15H,9-10,14H2,(H2,32,36)(H,34,37). The number of benzene rings is 2. The number of aromatic nitrogens is 2. The van der Waals surface area contributed by atoms with Crippen molar-refractivity contribution in [1.82, 2.24) is 14.9 Å². The van der Waals surface area contributed by atoms with Crippen LogP contribution in [0.2, 0.25) is 0 Å². The number of primary amides is 1. The summed E-state index contributed by atoms with van der Waals surface area (Å²) in [5, 5.41) is 13.3. The monoisotopic (exact) mass is 503 g/mol. The molecule has 0 saturated heterocycles. The summed E-state index contributed by atoms with van der Waals surface area (Å²) in [6, 6.07) is 19.6. The van der Waals surface area contributed by atoms with Crippen molar-refractivity contribution >= 4 is 22.7 Å². The number of nitrogens with two attached hydrogens (primary N) is 1. The molecule has 7 nitrogen and oxygen atoms in total. The van der Waals surface area contributed by atoms with Gasteiger partial charge in [0.1, 0.15) is 11.8 Å². The van der Waals surface area contributed by atoms with E-state index in [4.69, 9.17) is 5.73 Å². The summed E-state index contributed by atoms with van der Waals surface area (Å²) >= 11 is 0. The number of para-hydroxylation sites is 1. The molecule has 37 heavy (non-hydrogen) atoms. The van der Waals surface area contributed by atoms with E-state index in [1.165, 1.54) is 0 Å². The van der Waals surface area contributed by atoms with Crippen LogP contribution >= 0.6 is 0 Å². The zero-order valence-corrected chi connectivity index (χ0v) is 19.3. The molecule has 186 valence electrons. The maximum absolute atomic E-state index is 13.1. The van der Waals surface area contributed by atoms with Crippen molar-refractivity contribution in [2.24, 2.45) is 5.73 Å². The fraction of sp³-hybridized carbons (Fsp3) is 0.185. The molecule has 1 fully saturated rings. The molecule has 1 aliphatic carbocycles. The van der Waals surface area contributed by atoms with E-state index in [2.05, 4.69) is 16.4 Å². The van der Waals surface area contributed by atoms with E-state index in [1.807, 2.05) is 59.2 Å². The van der Waals surface area contributed by atoms with E-state index in [-0.39, 0.29) is 12.2 Å². The Bertz CT molecular complexity index is 1580. The van der Waals surface area contributed by atoms with Crippen LogP contribution < -0.4 is 11.1 Å². The molecule has 0 atom stereocenters. The number of nitriles is 1. The van der Waals surface area contributed by atoms with Gasteiger partial charge >= 0.3 is 6.18 Å². The minimum atomic E-state index is -4.69. The molecule has 5 rings (SSSR count). The molecular weight excluding hydrogens is 483 g/mol. The molecule has 0 radical (unpaired) electrons. The fourth-order valence-corrected chi connectivity index (χ4v) is 4.52. The van der Waals surface area contributed by atoms with E-state index < -0.39 is 34.5 Å². The van der Waals surface area contributed by atoms with Crippen molar-refractivity contribution in [3.8, 4) is 11.8 Å². The summed E-state index contributed by atoms with van der Waals surface area (Å²) in [6.45, 7) is 0.158. The lowest BCUT2D eigenvalue weighted by atomic mass is 9.94. The van der Waals surface area contributed by atoms with E-state index in [9.17, 15) is 28.0 Å². The summed E-state index contributed by atoms with van der Waals surface area (Å²) in [4.78, 5) is 28.8. The van der Waals surface area contributed by atoms with Gasteiger partial charge in [-0.3, -0.25) is 14.6 Å². The van der Waals surface area contributed by atoms with Crippen molar-refractivity contribution in [3.63, 3.8) is 0 Å². The van der Waals surface area contributed by atoms with E-state index in [0.29, 0.717) is 30.8 Å². The molecule has 1 saturated carbocycles. The van der Waals surface area contributed by atoms with Crippen LogP contribution in [-0.2, 0) is 22.9 Å². The quantitative estimate of drug-likeness (QED) is 0.407. The van der Waals surface area contributed by atoms with Crippen LogP contribution in [0.5, 0.6) is 0 Å². The van der Waals surface area contributed by atoms with Crippen LogP contribution in [0.4, 0.5) is 13.2 Å². The van der Waals surface area contributed by atoms with Crippen LogP contribution in [-0.4, -0.2) is 21.4 Å². The van der Waals surface area contributed by atoms with E-state index >= 15 is 0 Å². The third-order valence-corrected chi connectivity index (χ3v) is 6.59. The van der Waals surface area contributed by atoms with Crippen LogP contribution in [0.3, 0.4) is 0 Å². The number of pyridine rings is 1. The Morgan fingerprint density at radius 2 is 1.81 bits per heavy atom. The number of carbonyl (C=O) groups excluding carboxylic acids is 2. The van der Waals surface area contributed by atoms with Crippen LogP contribution in [0.25, 0.3) is 16.6 Å². The van der Waals surface area contributed by atoms with Gasteiger partial charge in [-0.15, -0.1) is 0 Å². The fourth-order valence-electron chi connectivity index (χ4n) is 4.52. The number of alkyl halides is 3. The summed E-state index contributed by atoms with van der Waals surface area (Å²) in [5.74, 6) is -1.51. The number of halogens is 3. The first-order chi connectivity index (χ1) is 17.6. The van der Waals surface area contributed by atoms with Crippen molar-refractivity contribution in [3.05, 3.63) is 94.9 Å². The Labute approximate surface area is 209 Å². The zero-order valence-electron chi connectivity index (χ0n) is 19.3. The van der Waals surface area contributed by atoms with E-state index in [1.54, 1.807) is 0 Å². The Morgan fingerprint density at radius 1 is 1.11 bits per heavy atom. The second-order valence-electron chi connectivity index (χ2n) is 8.95. The average Bonchev–Trinajstić information content (AvgIpc) is 3.61.